The van der Waals surface area contributed by atoms with Crippen molar-refractivity contribution in [3.8, 4) is 23.0 Å². The second-order valence-corrected chi connectivity index (χ2v) is 16.5. The van der Waals surface area contributed by atoms with E-state index in [0.29, 0.717) is 78.4 Å². The molecule has 3 aromatic rings. The first-order valence-corrected chi connectivity index (χ1v) is 22.5. The normalized spacial score (nSPS) is 22.3. The maximum Gasteiger partial charge on any atom is 0.410 e. The van der Waals surface area contributed by atoms with Gasteiger partial charge in [0.1, 0.15) is 35.6 Å². The number of aldehydes is 1. The number of carbonyl (C=O) groups is 2. The van der Waals surface area contributed by atoms with Gasteiger partial charge >= 0.3 is 6.09 Å². The van der Waals surface area contributed by atoms with Gasteiger partial charge in [-0.3, -0.25) is 19.8 Å². The lowest BCUT2D eigenvalue weighted by Gasteiger charge is -2.59. The van der Waals surface area contributed by atoms with Crippen molar-refractivity contribution in [2.45, 2.75) is 89.1 Å². The summed E-state index contributed by atoms with van der Waals surface area (Å²) in [5.41, 5.74) is 3.25. The second-order valence-electron chi connectivity index (χ2n) is 16.5. The van der Waals surface area contributed by atoms with E-state index in [1.54, 1.807) is 53.5 Å². The molecule has 2 N–H and O–H groups in total. The van der Waals surface area contributed by atoms with Gasteiger partial charge in [-0.1, -0.05) is 43.1 Å². The molecule has 2 aliphatic carbocycles. The number of fused-ring (bicyclic) bond motifs is 2. The van der Waals surface area contributed by atoms with Crippen LogP contribution in [-0.2, 0) is 20.9 Å². The molecule has 3 aromatic carbocycles. The minimum absolute atomic E-state index is 0.0205. The molecule has 1 aliphatic heterocycles. The monoisotopic (exact) mass is 895 g/mol. The van der Waals surface area contributed by atoms with Crippen LogP contribution < -0.4 is 14.2 Å². The summed E-state index contributed by atoms with van der Waals surface area (Å²) in [6, 6.07) is 15.9. The third kappa shape index (κ3) is 11.1. The number of non-ortho nitro benzene ring substituents is 1. The molecular weight excluding hydrogens is 835 g/mol. The molecule has 348 valence electrons. The average Bonchev–Trinajstić information content (AvgIpc) is 3.31. The molecule has 0 bridgehead atoms. The summed E-state index contributed by atoms with van der Waals surface area (Å²) in [5, 5.41) is 36.1. The molecular formula is C50H61N3O12. The van der Waals surface area contributed by atoms with Crippen LogP contribution in [-0.4, -0.2) is 90.0 Å². The maximum atomic E-state index is 14.3. The van der Waals surface area contributed by atoms with E-state index in [1.165, 1.54) is 19.2 Å². The Balaban J connectivity index is 1.56. The number of carbonyl (C=O) groups excluding carboxylic acids is 2. The van der Waals surface area contributed by atoms with Crippen molar-refractivity contribution in [3.63, 3.8) is 0 Å². The molecule has 0 aromatic heterocycles. The average molecular weight is 896 g/mol. The molecule has 0 radical (unpaired) electrons. The minimum atomic E-state index is -1.50. The number of benzene rings is 3. The predicted molar refractivity (Wildman–Crippen MR) is 244 cm³/mol. The zero-order chi connectivity index (χ0) is 46.3. The molecule has 1 amide bonds. The van der Waals surface area contributed by atoms with Crippen molar-refractivity contribution in [1.29, 1.82) is 0 Å². The van der Waals surface area contributed by atoms with Gasteiger partial charge in [-0.05, 0) is 110 Å². The van der Waals surface area contributed by atoms with Gasteiger partial charge in [0.05, 0.1) is 42.4 Å². The molecule has 15 heteroatoms. The number of rotatable bonds is 25. The zero-order valence-electron chi connectivity index (χ0n) is 37.3. The molecule has 1 saturated carbocycles. The summed E-state index contributed by atoms with van der Waals surface area (Å²) < 4.78 is 32.0. The fourth-order valence-electron chi connectivity index (χ4n) is 9.54. The van der Waals surface area contributed by atoms with Crippen LogP contribution in [0.3, 0.4) is 0 Å². The summed E-state index contributed by atoms with van der Waals surface area (Å²) in [4.78, 5) is 45.0. The van der Waals surface area contributed by atoms with Crippen LogP contribution in [0.1, 0.15) is 92.1 Å². The highest BCUT2D eigenvalue weighted by molar-refractivity contribution is 6.03. The molecule has 3 aliphatic rings. The maximum absolute atomic E-state index is 14.3. The topological polar surface area (TPSA) is 189 Å². The highest BCUT2D eigenvalue weighted by Crippen LogP contribution is 2.62. The van der Waals surface area contributed by atoms with Crippen LogP contribution in [0.15, 0.2) is 103 Å². The Morgan fingerprint density at radius 3 is 2.43 bits per heavy atom. The van der Waals surface area contributed by atoms with Gasteiger partial charge in [-0.25, -0.2) is 4.79 Å². The number of oxime groups is 1. The third-order valence-corrected chi connectivity index (χ3v) is 12.4. The first-order valence-electron chi connectivity index (χ1n) is 22.5. The fraction of sp³-hybridized carbons (Fsp3) is 0.460. The van der Waals surface area contributed by atoms with Crippen molar-refractivity contribution in [2.75, 3.05) is 40.1 Å². The van der Waals surface area contributed by atoms with Gasteiger partial charge in [0.2, 0.25) is 5.79 Å². The minimum Gasteiger partial charge on any atom is -0.496 e. The SMILES string of the molecule is C=CCCOC(=O)N(CCC)[C@H]1CC(=NOCc2ccc([N+](=O)[O-])cc2)C2=C[C@H](CCCCO)[C@@H](CCCCO)[C@@H]3c4cc(Oc5ccc(OC)c(C=O)c5)ccc4O[C@@]1(OCC=C)[C@H]23. The Morgan fingerprint density at radius 1 is 1.02 bits per heavy atom. The van der Waals surface area contributed by atoms with Crippen molar-refractivity contribution in [3.05, 3.63) is 124 Å². The van der Waals surface area contributed by atoms with Crippen LogP contribution in [0.5, 0.6) is 23.0 Å². The summed E-state index contributed by atoms with van der Waals surface area (Å²) in [5.74, 6) is -0.563. The van der Waals surface area contributed by atoms with Crippen molar-refractivity contribution in [2.24, 2.45) is 22.9 Å². The van der Waals surface area contributed by atoms with Crippen LogP contribution >= 0.6 is 0 Å². The largest absolute Gasteiger partial charge is 0.496 e. The lowest BCUT2D eigenvalue weighted by atomic mass is 9.55. The molecule has 6 atom stereocenters. The number of hydrogen-bond donors (Lipinski definition) is 2. The molecule has 0 spiro atoms. The summed E-state index contributed by atoms with van der Waals surface area (Å²) >= 11 is 0. The Hall–Kier alpha value is -6.03. The first kappa shape index (κ1) is 48.4. The highest BCUT2D eigenvalue weighted by Gasteiger charge is 2.65. The van der Waals surface area contributed by atoms with E-state index < -0.39 is 28.8 Å². The molecule has 0 unspecified atom stereocenters. The Kier molecular flexibility index (Phi) is 17.3. The standard InChI is InChI=1S/C50H61N3O12/c1-5-8-27-61-49(57)52(23-6-2)46-31-43(51-63-33-34-15-17-37(18-16-34)53(58)59)41-29-35(13-9-11-24-54)40(14-10-12-25-55)47-42-30-39(64-38-19-21-44(60-4)36(28-38)32-56)20-22-45(42)65-50(46,48(41)47)62-26-7-3/h5,7,15-22,28-30,32,35,40,46-48,54-55H,1,3,6,8-14,23-27,31,33H2,2,4H3/t35-,40+,46-,47+,48+,50+/m0/s1. The number of hydrogen-bond acceptors (Lipinski definition) is 13. The Morgan fingerprint density at radius 2 is 1.75 bits per heavy atom. The third-order valence-electron chi connectivity index (χ3n) is 12.4. The van der Waals surface area contributed by atoms with Gasteiger partial charge < -0.3 is 38.7 Å². The number of methoxy groups -OCH3 is 1. The van der Waals surface area contributed by atoms with E-state index >= 15 is 0 Å². The lowest BCUT2D eigenvalue weighted by molar-refractivity contribution is -0.384. The number of amides is 1. The summed E-state index contributed by atoms with van der Waals surface area (Å²) in [6.45, 7) is 10.4. The number of allylic oxidation sites excluding steroid dienone is 1. The second kappa shape index (κ2) is 23.2. The zero-order valence-corrected chi connectivity index (χ0v) is 37.3. The molecule has 1 heterocycles. The number of unbranched alkanes of at least 4 members (excludes halogenated alkanes) is 2. The van der Waals surface area contributed by atoms with Gasteiger partial charge in [0, 0.05) is 49.8 Å². The number of aliphatic hydroxyl groups excluding tert-OH is 2. The van der Waals surface area contributed by atoms with Gasteiger partial charge in [-0.2, -0.15) is 0 Å². The number of ether oxygens (including phenoxy) is 5. The number of nitro benzene ring substituents is 1. The quantitative estimate of drug-likeness (QED) is 0.0270. The predicted octanol–water partition coefficient (Wildman–Crippen LogP) is 9.47. The van der Waals surface area contributed by atoms with E-state index in [0.717, 1.165) is 36.8 Å². The number of aliphatic hydroxyl groups is 2. The van der Waals surface area contributed by atoms with E-state index in [4.69, 9.17) is 33.7 Å². The van der Waals surface area contributed by atoms with Crippen LogP contribution in [0.2, 0.25) is 0 Å². The smallest absolute Gasteiger partial charge is 0.410 e. The molecule has 0 saturated heterocycles. The Labute approximate surface area is 380 Å². The van der Waals surface area contributed by atoms with Crippen molar-refractivity contribution < 1.29 is 53.2 Å². The van der Waals surface area contributed by atoms with Crippen LogP contribution in [0.25, 0.3) is 0 Å². The van der Waals surface area contributed by atoms with Crippen molar-refractivity contribution >= 4 is 23.8 Å². The number of nitro groups is 1. The number of nitrogens with zero attached hydrogens (tertiary/aromatic N) is 3. The van der Waals surface area contributed by atoms with E-state index in [9.17, 15) is 29.9 Å². The summed E-state index contributed by atoms with van der Waals surface area (Å²) in [7, 11) is 1.50. The van der Waals surface area contributed by atoms with Gasteiger partial charge in [-0.15, -0.1) is 13.2 Å². The van der Waals surface area contributed by atoms with Gasteiger partial charge in [0.15, 0.2) is 6.29 Å². The van der Waals surface area contributed by atoms with E-state index in [1.807, 2.05) is 19.1 Å². The molecule has 1 fully saturated rings. The van der Waals surface area contributed by atoms with Crippen LogP contribution in [0.4, 0.5) is 10.5 Å². The fourth-order valence-corrected chi connectivity index (χ4v) is 9.54. The van der Waals surface area contributed by atoms with Crippen molar-refractivity contribution in [1.82, 2.24) is 4.90 Å². The summed E-state index contributed by atoms with van der Waals surface area (Å²) in [6.07, 6.45) is 11.2. The van der Waals surface area contributed by atoms with Gasteiger partial charge in [0.25, 0.3) is 5.69 Å². The molecule has 6 rings (SSSR count). The van der Waals surface area contributed by atoms with E-state index in [2.05, 4.69) is 19.2 Å². The van der Waals surface area contributed by atoms with E-state index in [-0.39, 0.29) is 62.9 Å². The Bertz CT molecular complexity index is 2190. The molecule has 65 heavy (non-hydrogen) atoms. The first-order chi connectivity index (χ1) is 31.7. The van der Waals surface area contributed by atoms with Crippen LogP contribution in [0, 0.1) is 27.9 Å². The highest BCUT2D eigenvalue weighted by atomic mass is 16.7. The lowest BCUT2D eigenvalue weighted by Crippen LogP contribution is -2.70. The molecule has 15 nitrogen and oxygen atoms in total.